The van der Waals surface area contributed by atoms with E-state index in [2.05, 4.69) is 5.32 Å². The summed E-state index contributed by atoms with van der Waals surface area (Å²) < 4.78 is 43.7. The largest absolute Gasteiger partial charge is 0.491 e. The molecular formula is C18H18F3NO2. The number of para-hydroxylation sites is 2. The summed E-state index contributed by atoms with van der Waals surface area (Å²) in [5.41, 5.74) is 0.0386. The maximum Gasteiger partial charge on any atom is 0.416 e. The number of rotatable bonds is 6. The molecule has 2 rings (SSSR count). The van der Waals surface area contributed by atoms with Crippen LogP contribution in [0.25, 0.3) is 0 Å². The minimum Gasteiger partial charge on any atom is -0.491 e. The van der Waals surface area contributed by atoms with Crippen molar-refractivity contribution in [2.24, 2.45) is 0 Å². The zero-order valence-electron chi connectivity index (χ0n) is 13.2. The highest BCUT2D eigenvalue weighted by Gasteiger charge is 2.30. The Bertz CT molecular complexity index is 699. The van der Waals surface area contributed by atoms with Gasteiger partial charge in [-0.1, -0.05) is 37.3 Å². The number of nitrogens with one attached hydrogen (secondary N) is 1. The molecule has 6 heteroatoms. The van der Waals surface area contributed by atoms with Crippen molar-refractivity contribution in [1.82, 2.24) is 0 Å². The normalized spacial score (nSPS) is 11.2. The molecule has 0 saturated carbocycles. The summed E-state index contributed by atoms with van der Waals surface area (Å²) in [5, 5.41) is 2.68. The fourth-order valence-electron chi connectivity index (χ4n) is 2.15. The first-order valence-corrected chi connectivity index (χ1v) is 7.58. The van der Waals surface area contributed by atoms with Gasteiger partial charge in [-0.15, -0.1) is 0 Å². The molecule has 0 fully saturated rings. The molecule has 0 bridgehead atoms. The number of hydrogen-bond acceptors (Lipinski definition) is 2. The van der Waals surface area contributed by atoms with E-state index in [9.17, 15) is 18.0 Å². The van der Waals surface area contributed by atoms with Gasteiger partial charge in [-0.25, -0.2) is 0 Å². The lowest BCUT2D eigenvalue weighted by Gasteiger charge is -2.12. The Hall–Kier alpha value is -2.50. The van der Waals surface area contributed by atoms with E-state index in [1.165, 1.54) is 12.1 Å². The monoisotopic (exact) mass is 337 g/mol. The van der Waals surface area contributed by atoms with Crippen LogP contribution in [0.15, 0.2) is 48.5 Å². The maximum absolute atomic E-state index is 12.7. The van der Waals surface area contributed by atoms with Gasteiger partial charge in [0.05, 0.1) is 24.3 Å². The lowest BCUT2D eigenvalue weighted by atomic mass is 10.1. The van der Waals surface area contributed by atoms with Crippen molar-refractivity contribution in [2.75, 3.05) is 11.9 Å². The lowest BCUT2D eigenvalue weighted by molar-refractivity contribution is -0.137. The SMILES string of the molecule is CCCOc1ccccc1NC(=O)Cc1cccc(C(F)(F)F)c1. The van der Waals surface area contributed by atoms with E-state index < -0.39 is 17.6 Å². The van der Waals surface area contributed by atoms with Crippen LogP contribution in [0, 0.1) is 0 Å². The molecule has 1 N–H and O–H groups in total. The molecule has 0 unspecified atom stereocenters. The van der Waals surface area contributed by atoms with E-state index in [0.29, 0.717) is 23.6 Å². The van der Waals surface area contributed by atoms with Crippen LogP contribution in [0.4, 0.5) is 18.9 Å². The van der Waals surface area contributed by atoms with Gasteiger partial charge in [-0.3, -0.25) is 4.79 Å². The van der Waals surface area contributed by atoms with Crippen LogP contribution in [-0.4, -0.2) is 12.5 Å². The summed E-state index contributed by atoms with van der Waals surface area (Å²) >= 11 is 0. The van der Waals surface area contributed by atoms with Crippen molar-refractivity contribution in [3.8, 4) is 5.75 Å². The molecule has 0 saturated heterocycles. The van der Waals surface area contributed by atoms with Crippen molar-refractivity contribution in [3.63, 3.8) is 0 Å². The summed E-state index contributed by atoms with van der Waals surface area (Å²) in [7, 11) is 0. The topological polar surface area (TPSA) is 38.3 Å². The summed E-state index contributed by atoms with van der Waals surface area (Å²) in [6.07, 6.45) is -3.74. The van der Waals surface area contributed by atoms with Gasteiger partial charge in [-0.05, 0) is 30.2 Å². The standard InChI is InChI=1S/C18H18F3NO2/c1-2-10-24-16-9-4-3-8-15(16)22-17(23)12-13-6-5-7-14(11-13)18(19,20)21/h3-9,11H,2,10,12H2,1H3,(H,22,23). The van der Waals surface area contributed by atoms with Gasteiger partial charge in [0.1, 0.15) is 5.75 Å². The Balaban J connectivity index is 2.06. The zero-order chi connectivity index (χ0) is 17.6. The van der Waals surface area contributed by atoms with Gasteiger partial charge in [0.25, 0.3) is 0 Å². The fraction of sp³-hybridized carbons (Fsp3) is 0.278. The van der Waals surface area contributed by atoms with Gasteiger partial charge in [0, 0.05) is 0 Å². The zero-order valence-corrected chi connectivity index (χ0v) is 13.2. The van der Waals surface area contributed by atoms with Crippen LogP contribution in [0.3, 0.4) is 0 Å². The molecular weight excluding hydrogens is 319 g/mol. The molecule has 3 nitrogen and oxygen atoms in total. The summed E-state index contributed by atoms with van der Waals surface area (Å²) in [6.45, 7) is 2.48. The average Bonchev–Trinajstić information content (AvgIpc) is 2.53. The Kier molecular flexibility index (Phi) is 5.84. The van der Waals surface area contributed by atoms with Crippen molar-refractivity contribution >= 4 is 11.6 Å². The molecule has 0 aliphatic carbocycles. The molecule has 0 radical (unpaired) electrons. The molecule has 2 aromatic carbocycles. The number of benzene rings is 2. The van der Waals surface area contributed by atoms with Crippen LogP contribution >= 0.6 is 0 Å². The quantitative estimate of drug-likeness (QED) is 0.831. The second-order valence-corrected chi connectivity index (χ2v) is 5.27. The van der Waals surface area contributed by atoms with Gasteiger partial charge >= 0.3 is 6.18 Å². The lowest BCUT2D eigenvalue weighted by Crippen LogP contribution is -2.16. The smallest absolute Gasteiger partial charge is 0.416 e. The molecule has 1 amide bonds. The highest BCUT2D eigenvalue weighted by atomic mass is 19.4. The minimum atomic E-state index is -4.42. The van der Waals surface area contributed by atoms with E-state index in [0.717, 1.165) is 18.6 Å². The van der Waals surface area contributed by atoms with Crippen molar-refractivity contribution in [2.45, 2.75) is 25.9 Å². The number of carbonyl (C=O) groups is 1. The highest BCUT2D eigenvalue weighted by Crippen LogP contribution is 2.30. The number of anilines is 1. The molecule has 0 aromatic heterocycles. The van der Waals surface area contributed by atoms with Crippen molar-refractivity contribution < 1.29 is 22.7 Å². The predicted octanol–water partition coefficient (Wildman–Crippen LogP) is 4.68. The molecule has 128 valence electrons. The molecule has 24 heavy (non-hydrogen) atoms. The Morgan fingerprint density at radius 2 is 1.88 bits per heavy atom. The van der Waals surface area contributed by atoms with E-state index in [-0.39, 0.29) is 6.42 Å². The molecule has 0 aliphatic rings. The Labute approximate surface area is 138 Å². The number of ether oxygens (including phenoxy) is 1. The van der Waals surface area contributed by atoms with Gasteiger partial charge in [0.2, 0.25) is 5.91 Å². The van der Waals surface area contributed by atoms with Gasteiger partial charge in [-0.2, -0.15) is 13.2 Å². The fourth-order valence-corrected chi connectivity index (χ4v) is 2.15. The molecule has 0 aliphatic heterocycles. The third kappa shape index (κ3) is 5.01. The van der Waals surface area contributed by atoms with Crippen molar-refractivity contribution in [3.05, 3.63) is 59.7 Å². The highest BCUT2D eigenvalue weighted by molar-refractivity contribution is 5.93. The van der Waals surface area contributed by atoms with Crippen LogP contribution in [0.1, 0.15) is 24.5 Å². The van der Waals surface area contributed by atoms with E-state index in [4.69, 9.17) is 4.74 Å². The Morgan fingerprint density at radius 3 is 2.58 bits per heavy atom. The van der Waals surface area contributed by atoms with E-state index in [1.807, 2.05) is 6.92 Å². The van der Waals surface area contributed by atoms with Crippen LogP contribution in [-0.2, 0) is 17.4 Å². The Morgan fingerprint density at radius 1 is 1.12 bits per heavy atom. The van der Waals surface area contributed by atoms with Crippen LogP contribution in [0.2, 0.25) is 0 Å². The van der Waals surface area contributed by atoms with Crippen LogP contribution in [0.5, 0.6) is 5.75 Å². The molecule has 2 aromatic rings. The second kappa shape index (κ2) is 7.86. The summed E-state index contributed by atoms with van der Waals surface area (Å²) in [6, 6.07) is 11.7. The summed E-state index contributed by atoms with van der Waals surface area (Å²) in [5.74, 6) is 0.138. The maximum atomic E-state index is 12.7. The minimum absolute atomic E-state index is 0.147. The van der Waals surface area contributed by atoms with E-state index in [1.54, 1.807) is 24.3 Å². The first-order valence-electron chi connectivity index (χ1n) is 7.58. The number of alkyl halides is 3. The molecule has 0 heterocycles. The molecule has 0 spiro atoms. The van der Waals surface area contributed by atoms with Gasteiger partial charge in [0.15, 0.2) is 0 Å². The summed E-state index contributed by atoms with van der Waals surface area (Å²) in [4.78, 5) is 12.1. The first-order chi connectivity index (χ1) is 11.4. The third-order valence-electron chi connectivity index (χ3n) is 3.24. The number of hydrogen-bond donors (Lipinski definition) is 1. The van der Waals surface area contributed by atoms with Crippen LogP contribution < -0.4 is 10.1 Å². The van der Waals surface area contributed by atoms with Gasteiger partial charge < -0.3 is 10.1 Å². The predicted molar refractivity (Wildman–Crippen MR) is 86.0 cm³/mol. The van der Waals surface area contributed by atoms with Crippen molar-refractivity contribution in [1.29, 1.82) is 0 Å². The first kappa shape index (κ1) is 17.8. The average molecular weight is 337 g/mol. The molecule has 0 atom stereocenters. The number of halogens is 3. The van der Waals surface area contributed by atoms with E-state index >= 15 is 0 Å². The second-order valence-electron chi connectivity index (χ2n) is 5.27. The number of carbonyl (C=O) groups excluding carboxylic acids is 1. The third-order valence-corrected chi connectivity index (χ3v) is 3.24. The number of amides is 1.